The molecule has 1 aliphatic heterocycles. The summed E-state index contributed by atoms with van der Waals surface area (Å²) in [7, 11) is -0.876. The minimum atomic E-state index is -0.876. The highest BCUT2D eigenvalue weighted by Gasteiger charge is 2.39. The van der Waals surface area contributed by atoms with Crippen LogP contribution in [-0.4, -0.2) is 45.8 Å². The van der Waals surface area contributed by atoms with Crippen LogP contribution in [0.25, 0.3) is 0 Å². The highest BCUT2D eigenvalue weighted by molar-refractivity contribution is 7.84. The van der Waals surface area contributed by atoms with Crippen LogP contribution in [-0.2, 0) is 22.0 Å². The molecule has 116 valence electrons. The van der Waals surface area contributed by atoms with E-state index < -0.39 is 10.8 Å². The van der Waals surface area contributed by atoms with Gasteiger partial charge in [0.1, 0.15) is 0 Å². The molecule has 0 radical (unpaired) electrons. The molecule has 0 aliphatic carbocycles. The topological polar surface area (TPSA) is 49.4 Å². The maximum Gasteiger partial charge on any atom is 0.241 e. The Morgan fingerprint density at radius 3 is 2.52 bits per heavy atom. The van der Waals surface area contributed by atoms with Crippen molar-refractivity contribution in [1.82, 2.24) is 10.2 Å². The number of amides is 1. The standard InChI is InChI=1S/C16H24N2O2S/c1-12(2)15-17-14(11-13-7-5-4-6-8-13)16(19)18(15)9-10-21(3)20/h4-8,12,14-15,17H,9-11H2,1-3H3. The van der Waals surface area contributed by atoms with Gasteiger partial charge in [-0.1, -0.05) is 44.2 Å². The molecule has 0 aromatic heterocycles. The molecule has 1 fully saturated rings. The lowest BCUT2D eigenvalue weighted by molar-refractivity contribution is -0.130. The van der Waals surface area contributed by atoms with Crippen molar-refractivity contribution in [1.29, 1.82) is 0 Å². The van der Waals surface area contributed by atoms with Crippen LogP contribution in [0, 0.1) is 5.92 Å². The summed E-state index contributed by atoms with van der Waals surface area (Å²) in [6.07, 6.45) is 2.42. The number of carbonyl (C=O) groups excluding carboxylic acids is 1. The normalized spacial score (nSPS) is 23.8. The lowest BCUT2D eigenvalue weighted by Crippen LogP contribution is -2.43. The number of carbonyl (C=O) groups is 1. The summed E-state index contributed by atoms with van der Waals surface area (Å²) in [6.45, 7) is 4.76. The Labute approximate surface area is 129 Å². The SMILES string of the molecule is CC(C)C1NC(Cc2ccccc2)C(=O)N1CCS(C)=O. The van der Waals surface area contributed by atoms with Gasteiger partial charge in [0.05, 0.1) is 12.2 Å². The number of nitrogens with zero attached hydrogens (tertiary/aromatic N) is 1. The van der Waals surface area contributed by atoms with E-state index in [9.17, 15) is 9.00 Å². The Kier molecular flexibility index (Phi) is 5.53. The van der Waals surface area contributed by atoms with E-state index >= 15 is 0 Å². The third-order valence-electron chi connectivity index (χ3n) is 3.82. The highest BCUT2D eigenvalue weighted by Crippen LogP contribution is 2.20. The van der Waals surface area contributed by atoms with Crippen molar-refractivity contribution in [2.75, 3.05) is 18.6 Å². The first kappa shape index (κ1) is 16.2. The molecule has 1 saturated heterocycles. The summed E-state index contributed by atoms with van der Waals surface area (Å²) in [4.78, 5) is 14.5. The average Bonchev–Trinajstić information content (AvgIpc) is 2.75. The zero-order valence-electron chi connectivity index (χ0n) is 12.9. The van der Waals surface area contributed by atoms with Gasteiger partial charge >= 0.3 is 0 Å². The molecule has 21 heavy (non-hydrogen) atoms. The summed E-state index contributed by atoms with van der Waals surface area (Å²) < 4.78 is 11.3. The maximum absolute atomic E-state index is 12.6. The molecule has 0 bridgehead atoms. The molecular weight excluding hydrogens is 284 g/mol. The van der Waals surface area contributed by atoms with Crippen molar-refractivity contribution in [3.05, 3.63) is 35.9 Å². The predicted molar refractivity (Wildman–Crippen MR) is 86.3 cm³/mol. The van der Waals surface area contributed by atoms with Crippen molar-refractivity contribution in [2.24, 2.45) is 5.92 Å². The molecule has 1 N–H and O–H groups in total. The molecular formula is C16H24N2O2S. The molecule has 4 nitrogen and oxygen atoms in total. The van der Waals surface area contributed by atoms with E-state index in [1.54, 1.807) is 6.26 Å². The molecule has 3 atom stereocenters. The monoisotopic (exact) mass is 308 g/mol. The Morgan fingerprint density at radius 2 is 1.95 bits per heavy atom. The zero-order valence-corrected chi connectivity index (χ0v) is 13.7. The number of hydrogen-bond donors (Lipinski definition) is 1. The van der Waals surface area contributed by atoms with Crippen molar-refractivity contribution in [3.63, 3.8) is 0 Å². The minimum Gasteiger partial charge on any atom is -0.325 e. The predicted octanol–water partition coefficient (Wildman–Crippen LogP) is 1.39. The highest BCUT2D eigenvalue weighted by atomic mass is 32.2. The van der Waals surface area contributed by atoms with Crippen molar-refractivity contribution in [3.8, 4) is 0 Å². The third-order valence-corrected chi connectivity index (χ3v) is 4.58. The molecule has 1 aromatic carbocycles. The van der Waals surface area contributed by atoms with Crippen LogP contribution in [0.15, 0.2) is 30.3 Å². The summed E-state index contributed by atoms with van der Waals surface area (Å²) in [5.74, 6) is 0.998. The third kappa shape index (κ3) is 4.14. The van der Waals surface area contributed by atoms with E-state index in [0.29, 0.717) is 24.6 Å². The van der Waals surface area contributed by atoms with Crippen molar-refractivity contribution < 1.29 is 9.00 Å². The van der Waals surface area contributed by atoms with Crippen LogP contribution in [0.5, 0.6) is 0 Å². The van der Waals surface area contributed by atoms with E-state index in [1.165, 1.54) is 0 Å². The Balaban J connectivity index is 2.07. The number of nitrogens with one attached hydrogen (secondary N) is 1. The van der Waals surface area contributed by atoms with Crippen LogP contribution in [0.3, 0.4) is 0 Å². The minimum absolute atomic E-state index is 0.0368. The van der Waals surface area contributed by atoms with Gasteiger partial charge in [-0.25, -0.2) is 0 Å². The number of benzene rings is 1. The largest absolute Gasteiger partial charge is 0.325 e. The van der Waals surface area contributed by atoms with Gasteiger partial charge < -0.3 is 4.90 Å². The second kappa shape index (κ2) is 7.18. The molecule has 1 aliphatic rings. The van der Waals surface area contributed by atoms with Crippen LogP contribution >= 0.6 is 0 Å². The molecule has 3 unspecified atom stereocenters. The average molecular weight is 308 g/mol. The van der Waals surface area contributed by atoms with Gasteiger partial charge in [0.15, 0.2) is 0 Å². The fourth-order valence-electron chi connectivity index (χ4n) is 2.73. The van der Waals surface area contributed by atoms with E-state index in [1.807, 2.05) is 35.2 Å². The first-order valence-electron chi connectivity index (χ1n) is 7.39. The lowest BCUT2D eigenvalue weighted by atomic mass is 10.1. The van der Waals surface area contributed by atoms with Crippen LogP contribution < -0.4 is 5.32 Å². The van der Waals surface area contributed by atoms with Gasteiger partial charge in [-0.2, -0.15) is 0 Å². The van der Waals surface area contributed by atoms with Crippen molar-refractivity contribution in [2.45, 2.75) is 32.5 Å². The summed E-state index contributed by atoms with van der Waals surface area (Å²) in [5.41, 5.74) is 1.16. The quantitative estimate of drug-likeness (QED) is 0.864. The van der Waals surface area contributed by atoms with Gasteiger partial charge in [-0.15, -0.1) is 0 Å². The molecule has 1 amide bonds. The zero-order chi connectivity index (χ0) is 15.4. The van der Waals surface area contributed by atoms with Crippen LogP contribution in [0.2, 0.25) is 0 Å². The molecule has 0 saturated carbocycles. The molecule has 5 heteroatoms. The van der Waals surface area contributed by atoms with Crippen LogP contribution in [0.1, 0.15) is 19.4 Å². The molecule has 1 aromatic rings. The van der Waals surface area contributed by atoms with Crippen molar-refractivity contribution >= 4 is 16.7 Å². The Morgan fingerprint density at radius 1 is 1.29 bits per heavy atom. The molecule has 1 heterocycles. The van der Waals surface area contributed by atoms with E-state index in [-0.39, 0.29) is 18.1 Å². The summed E-state index contributed by atoms with van der Waals surface area (Å²) >= 11 is 0. The van der Waals surface area contributed by atoms with Gasteiger partial charge in [0, 0.05) is 29.4 Å². The smallest absolute Gasteiger partial charge is 0.241 e. The molecule has 2 rings (SSSR count). The van der Waals surface area contributed by atoms with Gasteiger partial charge in [-0.3, -0.25) is 14.3 Å². The van der Waals surface area contributed by atoms with Gasteiger partial charge in [-0.05, 0) is 17.9 Å². The Bertz CT molecular complexity index is 504. The fourth-order valence-corrected chi connectivity index (χ4v) is 3.18. The van der Waals surface area contributed by atoms with Gasteiger partial charge in [0.25, 0.3) is 0 Å². The first-order valence-corrected chi connectivity index (χ1v) is 9.12. The van der Waals surface area contributed by atoms with Gasteiger partial charge in [0.2, 0.25) is 5.91 Å². The van der Waals surface area contributed by atoms with E-state index in [0.717, 1.165) is 5.56 Å². The Hall–Kier alpha value is -1.20. The maximum atomic E-state index is 12.6. The van der Waals surface area contributed by atoms with E-state index in [4.69, 9.17) is 0 Å². The number of rotatable bonds is 6. The lowest BCUT2D eigenvalue weighted by Gasteiger charge is -2.26. The first-order chi connectivity index (χ1) is 9.99. The summed E-state index contributed by atoms with van der Waals surface area (Å²) in [5, 5.41) is 3.44. The molecule has 0 spiro atoms. The number of hydrogen-bond acceptors (Lipinski definition) is 3. The second-order valence-electron chi connectivity index (χ2n) is 5.91. The second-order valence-corrected chi connectivity index (χ2v) is 7.46. The summed E-state index contributed by atoms with van der Waals surface area (Å²) in [6, 6.07) is 9.88. The van der Waals surface area contributed by atoms with E-state index in [2.05, 4.69) is 19.2 Å². The fraction of sp³-hybridized carbons (Fsp3) is 0.562. The van der Waals surface area contributed by atoms with Crippen LogP contribution in [0.4, 0.5) is 0 Å².